The van der Waals surface area contributed by atoms with Crippen molar-refractivity contribution >= 4 is 5.96 Å². The quantitative estimate of drug-likeness (QED) is 0.384. The zero-order valence-electron chi connectivity index (χ0n) is 16.7. The predicted molar refractivity (Wildman–Crippen MR) is 113 cm³/mol. The molecule has 0 aromatic heterocycles. The third-order valence-corrected chi connectivity index (χ3v) is 4.01. The van der Waals surface area contributed by atoms with Gasteiger partial charge in [0.25, 0.3) is 0 Å². The Bertz CT molecular complexity index is 668. The van der Waals surface area contributed by atoms with Gasteiger partial charge in [0.15, 0.2) is 5.96 Å². The molecule has 0 aliphatic carbocycles. The van der Waals surface area contributed by atoms with E-state index in [1.54, 1.807) is 0 Å². The summed E-state index contributed by atoms with van der Waals surface area (Å²) in [6.07, 6.45) is 1.03. The first-order valence-electron chi connectivity index (χ1n) is 9.60. The van der Waals surface area contributed by atoms with Crippen LogP contribution in [0.3, 0.4) is 0 Å². The summed E-state index contributed by atoms with van der Waals surface area (Å²) in [5.41, 5.74) is 2.39. The maximum atomic E-state index is 5.78. The average Bonchev–Trinajstić information content (AvgIpc) is 2.69. The van der Waals surface area contributed by atoms with E-state index >= 15 is 0 Å². The Morgan fingerprint density at radius 2 is 1.70 bits per heavy atom. The van der Waals surface area contributed by atoms with Crippen LogP contribution in [0, 0.1) is 0 Å². The molecule has 5 nitrogen and oxygen atoms in total. The lowest BCUT2D eigenvalue weighted by molar-refractivity contribution is 0.281. The Labute approximate surface area is 163 Å². The fraction of sp³-hybridized carbons (Fsp3) is 0.409. The molecule has 2 aromatic carbocycles. The highest BCUT2D eigenvalue weighted by molar-refractivity contribution is 5.79. The third kappa shape index (κ3) is 8.60. The minimum absolute atomic E-state index is 0.663. The summed E-state index contributed by atoms with van der Waals surface area (Å²) in [6.45, 7) is 6.07. The van der Waals surface area contributed by atoms with Gasteiger partial charge in [-0.1, -0.05) is 42.5 Å². The van der Waals surface area contributed by atoms with E-state index < -0.39 is 0 Å². The fourth-order valence-corrected chi connectivity index (χ4v) is 2.56. The number of rotatable bonds is 10. The van der Waals surface area contributed by atoms with Crippen LogP contribution in [-0.4, -0.2) is 44.7 Å². The summed E-state index contributed by atoms with van der Waals surface area (Å²) in [5, 5.41) is 6.67. The predicted octanol–water partition coefficient (Wildman–Crippen LogP) is 3.27. The standard InChI is InChI=1S/C22H32N4O/c1-4-23-22(24-17-19-9-6-5-7-10-19)25-18-20-11-13-21(14-12-20)27-16-8-15-26(2)3/h5-7,9-14H,4,8,15-18H2,1-3H3,(H2,23,24,25). The molecule has 0 saturated heterocycles. The maximum Gasteiger partial charge on any atom is 0.191 e. The summed E-state index contributed by atoms with van der Waals surface area (Å²) < 4.78 is 5.78. The highest BCUT2D eigenvalue weighted by Crippen LogP contribution is 2.12. The molecule has 27 heavy (non-hydrogen) atoms. The molecule has 0 aliphatic heterocycles. The zero-order chi connectivity index (χ0) is 19.3. The van der Waals surface area contributed by atoms with Crippen LogP contribution in [0.4, 0.5) is 0 Å². The van der Waals surface area contributed by atoms with Gasteiger partial charge in [0.1, 0.15) is 5.75 Å². The Morgan fingerprint density at radius 1 is 0.963 bits per heavy atom. The van der Waals surface area contributed by atoms with Gasteiger partial charge in [-0.05, 0) is 50.7 Å². The second kappa shape index (κ2) is 12.0. The van der Waals surface area contributed by atoms with Crippen molar-refractivity contribution < 1.29 is 4.74 Å². The maximum absolute atomic E-state index is 5.78. The molecule has 0 unspecified atom stereocenters. The number of hydrogen-bond acceptors (Lipinski definition) is 3. The van der Waals surface area contributed by atoms with Crippen molar-refractivity contribution in [2.45, 2.75) is 26.4 Å². The lowest BCUT2D eigenvalue weighted by Crippen LogP contribution is -2.36. The summed E-state index contributed by atoms with van der Waals surface area (Å²) >= 11 is 0. The molecule has 0 heterocycles. The van der Waals surface area contributed by atoms with Gasteiger partial charge in [-0.25, -0.2) is 4.99 Å². The molecule has 0 amide bonds. The van der Waals surface area contributed by atoms with E-state index in [1.165, 1.54) is 11.1 Å². The number of guanidine groups is 1. The second-order valence-electron chi connectivity index (χ2n) is 6.68. The van der Waals surface area contributed by atoms with Crippen LogP contribution < -0.4 is 15.4 Å². The molecule has 0 atom stereocenters. The molecule has 0 bridgehead atoms. The zero-order valence-corrected chi connectivity index (χ0v) is 16.7. The minimum Gasteiger partial charge on any atom is -0.494 e. The molecular formula is C22H32N4O. The van der Waals surface area contributed by atoms with Crippen molar-refractivity contribution in [1.82, 2.24) is 15.5 Å². The molecule has 0 spiro atoms. The summed E-state index contributed by atoms with van der Waals surface area (Å²) in [6, 6.07) is 18.5. The van der Waals surface area contributed by atoms with Crippen molar-refractivity contribution in [3.8, 4) is 5.75 Å². The Morgan fingerprint density at radius 3 is 2.37 bits per heavy atom. The van der Waals surface area contributed by atoms with Gasteiger partial charge < -0.3 is 20.3 Å². The van der Waals surface area contributed by atoms with E-state index in [-0.39, 0.29) is 0 Å². The van der Waals surface area contributed by atoms with Gasteiger partial charge in [0.2, 0.25) is 0 Å². The molecule has 2 rings (SSSR count). The first kappa shape index (κ1) is 20.8. The number of benzene rings is 2. The molecule has 2 aromatic rings. The largest absolute Gasteiger partial charge is 0.494 e. The van der Waals surface area contributed by atoms with Crippen LogP contribution >= 0.6 is 0 Å². The highest BCUT2D eigenvalue weighted by atomic mass is 16.5. The van der Waals surface area contributed by atoms with Crippen molar-refractivity contribution in [3.63, 3.8) is 0 Å². The SMILES string of the molecule is CCNC(=NCc1ccccc1)NCc1ccc(OCCCN(C)C)cc1. The lowest BCUT2D eigenvalue weighted by Gasteiger charge is -2.12. The number of aliphatic imine (C=N–C) groups is 1. The Hall–Kier alpha value is -2.53. The molecule has 5 heteroatoms. The van der Waals surface area contributed by atoms with E-state index in [4.69, 9.17) is 4.74 Å². The van der Waals surface area contributed by atoms with Crippen LogP contribution in [-0.2, 0) is 13.1 Å². The minimum atomic E-state index is 0.663. The van der Waals surface area contributed by atoms with E-state index in [1.807, 2.05) is 30.3 Å². The van der Waals surface area contributed by atoms with Gasteiger partial charge in [-0.15, -0.1) is 0 Å². The number of nitrogens with zero attached hydrogens (tertiary/aromatic N) is 2. The molecular weight excluding hydrogens is 336 g/mol. The van der Waals surface area contributed by atoms with Crippen LogP contribution in [0.2, 0.25) is 0 Å². The van der Waals surface area contributed by atoms with Gasteiger partial charge >= 0.3 is 0 Å². The molecule has 146 valence electrons. The molecule has 0 radical (unpaired) electrons. The number of hydrogen-bond donors (Lipinski definition) is 2. The molecule has 0 saturated carbocycles. The highest BCUT2D eigenvalue weighted by Gasteiger charge is 2.00. The van der Waals surface area contributed by atoms with Crippen molar-refractivity contribution in [3.05, 3.63) is 65.7 Å². The lowest BCUT2D eigenvalue weighted by atomic mass is 10.2. The van der Waals surface area contributed by atoms with Gasteiger partial charge in [-0.3, -0.25) is 0 Å². The van der Waals surface area contributed by atoms with Gasteiger partial charge in [-0.2, -0.15) is 0 Å². The smallest absolute Gasteiger partial charge is 0.191 e. The molecule has 0 aliphatic rings. The summed E-state index contributed by atoms with van der Waals surface area (Å²) in [4.78, 5) is 6.81. The van der Waals surface area contributed by atoms with E-state index in [0.29, 0.717) is 6.54 Å². The van der Waals surface area contributed by atoms with Gasteiger partial charge in [0, 0.05) is 19.6 Å². The van der Waals surface area contributed by atoms with Crippen molar-refractivity contribution in [2.24, 2.45) is 4.99 Å². The van der Waals surface area contributed by atoms with Crippen molar-refractivity contribution in [1.29, 1.82) is 0 Å². The summed E-state index contributed by atoms with van der Waals surface area (Å²) in [5.74, 6) is 1.74. The summed E-state index contributed by atoms with van der Waals surface area (Å²) in [7, 11) is 4.15. The van der Waals surface area contributed by atoms with Crippen LogP contribution in [0.15, 0.2) is 59.6 Å². The second-order valence-corrected chi connectivity index (χ2v) is 6.68. The van der Waals surface area contributed by atoms with Crippen LogP contribution in [0.5, 0.6) is 5.75 Å². The Kier molecular flexibility index (Phi) is 9.21. The van der Waals surface area contributed by atoms with E-state index in [2.05, 4.69) is 65.8 Å². The first-order valence-corrected chi connectivity index (χ1v) is 9.60. The van der Waals surface area contributed by atoms with Crippen molar-refractivity contribution in [2.75, 3.05) is 33.8 Å². The normalized spacial score (nSPS) is 11.5. The third-order valence-electron chi connectivity index (χ3n) is 4.01. The first-order chi connectivity index (χ1) is 13.2. The molecule has 2 N–H and O–H groups in total. The van der Waals surface area contributed by atoms with Gasteiger partial charge in [0.05, 0.1) is 13.2 Å². The number of ether oxygens (including phenoxy) is 1. The number of nitrogens with one attached hydrogen (secondary N) is 2. The topological polar surface area (TPSA) is 48.9 Å². The Balaban J connectivity index is 1.80. The van der Waals surface area contributed by atoms with E-state index in [9.17, 15) is 0 Å². The van der Waals surface area contributed by atoms with E-state index in [0.717, 1.165) is 44.4 Å². The average molecular weight is 369 g/mol. The molecule has 0 fully saturated rings. The fourth-order valence-electron chi connectivity index (χ4n) is 2.56. The van der Waals surface area contributed by atoms with Crippen LogP contribution in [0.1, 0.15) is 24.5 Å². The monoisotopic (exact) mass is 368 g/mol. The van der Waals surface area contributed by atoms with Crippen LogP contribution in [0.25, 0.3) is 0 Å².